The number of ether oxygens (including phenoxy) is 4. The number of benzene rings is 1. The first-order chi connectivity index (χ1) is 14.1. The molecule has 1 aliphatic heterocycles. The lowest BCUT2D eigenvalue weighted by Crippen LogP contribution is -2.25. The quantitative estimate of drug-likeness (QED) is 0.438. The third kappa shape index (κ3) is 4.30. The summed E-state index contributed by atoms with van der Waals surface area (Å²) in [5, 5.41) is 0.381. The van der Waals surface area contributed by atoms with Gasteiger partial charge in [0.25, 0.3) is 0 Å². The number of H-pyrrole nitrogens is 1. The molecule has 3 aromatic rings. The van der Waals surface area contributed by atoms with Crippen LogP contribution in [0.5, 0.6) is 23.0 Å². The maximum absolute atomic E-state index is 13.1. The number of alkyl halides is 5. The molecule has 0 saturated carbocycles. The largest absolute Gasteiger partial charge is 0.586 e. The van der Waals surface area contributed by atoms with Crippen LogP contribution in [0.4, 0.5) is 22.0 Å². The maximum atomic E-state index is 13.1. The Morgan fingerprint density at radius 3 is 2.63 bits per heavy atom. The van der Waals surface area contributed by atoms with Gasteiger partial charge < -0.3 is 23.9 Å². The van der Waals surface area contributed by atoms with Crippen LogP contribution in [-0.4, -0.2) is 41.1 Å². The minimum atomic E-state index is -4.52. The minimum Gasteiger partial charge on any atom is -0.493 e. The number of imidazole rings is 1. The number of pyridine rings is 1. The second-order valence-corrected chi connectivity index (χ2v) is 6.97. The molecule has 160 valence electrons. The number of rotatable bonds is 6. The van der Waals surface area contributed by atoms with Crippen molar-refractivity contribution in [2.24, 2.45) is 0 Å². The third-order valence-electron chi connectivity index (χ3n) is 3.87. The normalized spacial score (nSPS) is 14.9. The molecule has 1 aromatic carbocycles. The summed E-state index contributed by atoms with van der Waals surface area (Å²) in [5.74, 6) is -0.183. The summed E-state index contributed by atoms with van der Waals surface area (Å²) in [6.07, 6.45) is -6.87. The number of aromatic nitrogens is 3. The Hall–Kier alpha value is -2.96. The molecule has 1 aliphatic rings. The van der Waals surface area contributed by atoms with E-state index in [4.69, 9.17) is 9.47 Å². The van der Waals surface area contributed by atoms with Crippen molar-refractivity contribution in [2.45, 2.75) is 23.4 Å². The predicted molar refractivity (Wildman–Crippen MR) is 94.2 cm³/mol. The van der Waals surface area contributed by atoms with Gasteiger partial charge in [-0.2, -0.15) is 13.2 Å². The van der Waals surface area contributed by atoms with E-state index in [9.17, 15) is 22.0 Å². The summed E-state index contributed by atoms with van der Waals surface area (Å²) in [7, 11) is 1.30. The van der Waals surface area contributed by atoms with Gasteiger partial charge in [-0.1, -0.05) is 11.8 Å². The summed E-state index contributed by atoms with van der Waals surface area (Å²) < 4.78 is 82.7. The van der Waals surface area contributed by atoms with Crippen molar-refractivity contribution in [3.63, 3.8) is 0 Å². The zero-order chi connectivity index (χ0) is 21.5. The molecule has 4 rings (SSSR count). The third-order valence-corrected chi connectivity index (χ3v) is 4.76. The first-order valence-corrected chi connectivity index (χ1v) is 9.26. The maximum Gasteiger partial charge on any atom is 0.586 e. The summed E-state index contributed by atoms with van der Waals surface area (Å²) in [6.45, 7) is -1.49. The number of aromatic amines is 1. The van der Waals surface area contributed by atoms with Crippen molar-refractivity contribution in [3.05, 3.63) is 30.1 Å². The SMILES string of the molecule is COc1ccnc(CSc2nc3cc4c(cc3[nH]2)OC(F)(F)O4)c1OCC(F)(F)F. The standard InChI is InChI=1S/C17H12F5N3O4S/c1-26-11-2-3-23-10(14(11)27-7-16(18,19)20)6-30-15-24-8-4-12-13(5-9(8)25-15)29-17(21,22)28-12/h2-5H,6-7H2,1H3,(H,24,25). The Bertz CT molecular complexity index is 1040. The fourth-order valence-corrected chi connectivity index (χ4v) is 3.50. The van der Waals surface area contributed by atoms with E-state index in [1.54, 1.807) is 0 Å². The van der Waals surface area contributed by atoms with Crippen LogP contribution >= 0.6 is 11.8 Å². The highest BCUT2D eigenvalue weighted by molar-refractivity contribution is 7.98. The highest BCUT2D eigenvalue weighted by Gasteiger charge is 2.43. The fraction of sp³-hybridized carbons (Fsp3) is 0.294. The van der Waals surface area contributed by atoms with Crippen LogP contribution in [0, 0.1) is 0 Å². The molecule has 0 amide bonds. The van der Waals surface area contributed by atoms with E-state index in [0.717, 1.165) is 11.8 Å². The van der Waals surface area contributed by atoms with Crippen LogP contribution in [0.2, 0.25) is 0 Å². The van der Waals surface area contributed by atoms with Crippen LogP contribution in [0.1, 0.15) is 5.69 Å². The number of nitrogens with zero attached hydrogens (tertiary/aromatic N) is 2. The molecule has 0 bridgehead atoms. The highest BCUT2D eigenvalue weighted by atomic mass is 32.2. The Morgan fingerprint density at radius 1 is 1.20 bits per heavy atom. The number of methoxy groups -OCH3 is 1. The molecule has 0 radical (unpaired) electrons. The van der Waals surface area contributed by atoms with E-state index < -0.39 is 19.1 Å². The molecular formula is C17H12F5N3O4S. The van der Waals surface area contributed by atoms with Gasteiger partial charge in [0, 0.05) is 30.1 Å². The van der Waals surface area contributed by atoms with Gasteiger partial charge in [-0.15, -0.1) is 8.78 Å². The van der Waals surface area contributed by atoms with Gasteiger partial charge in [0.05, 0.1) is 23.8 Å². The first-order valence-electron chi connectivity index (χ1n) is 8.27. The van der Waals surface area contributed by atoms with Crippen molar-refractivity contribution in [1.29, 1.82) is 0 Å². The summed E-state index contributed by atoms with van der Waals surface area (Å²) in [4.78, 5) is 11.2. The van der Waals surface area contributed by atoms with Crippen LogP contribution in [0.25, 0.3) is 11.0 Å². The first kappa shape index (κ1) is 20.3. The average molecular weight is 449 g/mol. The molecule has 1 N–H and O–H groups in total. The zero-order valence-corrected chi connectivity index (χ0v) is 15.9. The van der Waals surface area contributed by atoms with Crippen LogP contribution < -0.4 is 18.9 Å². The molecule has 7 nitrogen and oxygen atoms in total. The van der Waals surface area contributed by atoms with E-state index in [2.05, 4.69) is 24.4 Å². The summed E-state index contributed by atoms with van der Waals surface area (Å²) in [6, 6.07) is 4.01. The average Bonchev–Trinajstić information content (AvgIpc) is 3.18. The van der Waals surface area contributed by atoms with Crippen molar-refractivity contribution in [2.75, 3.05) is 13.7 Å². The number of halogens is 5. The van der Waals surface area contributed by atoms with Gasteiger partial charge >= 0.3 is 12.5 Å². The van der Waals surface area contributed by atoms with Gasteiger partial charge in [0.2, 0.25) is 0 Å². The molecule has 30 heavy (non-hydrogen) atoms. The summed E-state index contributed by atoms with van der Waals surface area (Å²) >= 11 is 1.13. The lowest BCUT2D eigenvalue weighted by atomic mass is 10.3. The lowest BCUT2D eigenvalue weighted by molar-refractivity contribution is -0.286. The van der Waals surface area contributed by atoms with Crippen molar-refractivity contribution >= 4 is 22.8 Å². The van der Waals surface area contributed by atoms with E-state index in [1.807, 2.05) is 0 Å². The number of nitrogens with one attached hydrogen (secondary N) is 1. The topological polar surface area (TPSA) is 78.5 Å². The predicted octanol–water partition coefficient (Wildman–Crippen LogP) is 4.52. The molecule has 13 heteroatoms. The fourth-order valence-electron chi connectivity index (χ4n) is 2.68. The second-order valence-electron chi connectivity index (χ2n) is 6.01. The van der Waals surface area contributed by atoms with Crippen molar-refractivity contribution in [3.8, 4) is 23.0 Å². The van der Waals surface area contributed by atoms with Gasteiger partial charge in [-0.25, -0.2) is 4.98 Å². The van der Waals surface area contributed by atoms with Crippen LogP contribution in [0.3, 0.4) is 0 Å². The molecule has 0 atom stereocenters. The van der Waals surface area contributed by atoms with E-state index in [-0.39, 0.29) is 34.4 Å². The van der Waals surface area contributed by atoms with E-state index >= 15 is 0 Å². The molecule has 0 saturated heterocycles. The van der Waals surface area contributed by atoms with Crippen molar-refractivity contribution in [1.82, 2.24) is 15.0 Å². The van der Waals surface area contributed by atoms with E-state index in [1.165, 1.54) is 31.5 Å². The lowest BCUT2D eigenvalue weighted by Gasteiger charge is -2.15. The van der Waals surface area contributed by atoms with Crippen molar-refractivity contribution < 1.29 is 40.9 Å². The molecule has 0 unspecified atom stereocenters. The number of hydrogen-bond acceptors (Lipinski definition) is 7. The Balaban J connectivity index is 1.53. The monoisotopic (exact) mass is 449 g/mol. The Kier molecular flexibility index (Phi) is 5.00. The smallest absolute Gasteiger partial charge is 0.493 e. The molecule has 0 spiro atoms. The summed E-state index contributed by atoms with van der Waals surface area (Å²) in [5.41, 5.74) is 0.993. The molecular weight excluding hydrogens is 437 g/mol. The van der Waals surface area contributed by atoms with E-state index in [0.29, 0.717) is 16.2 Å². The number of fused-ring (bicyclic) bond motifs is 2. The minimum absolute atomic E-state index is 0.106. The Morgan fingerprint density at radius 2 is 1.93 bits per heavy atom. The van der Waals surface area contributed by atoms with Gasteiger partial charge in [-0.3, -0.25) is 4.98 Å². The number of thioether (sulfide) groups is 1. The number of hydrogen-bond donors (Lipinski definition) is 1. The second kappa shape index (κ2) is 7.38. The zero-order valence-electron chi connectivity index (χ0n) is 15.0. The highest BCUT2D eigenvalue weighted by Crippen LogP contribution is 2.43. The van der Waals surface area contributed by atoms with Crippen LogP contribution in [-0.2, 0) is 5.75 Å². The molecule has 0 aliphatic carbocycles. The Labute approximate surface area is 169 Å². The van der Waals surface area contributed by atoms with Gasteiger partial charge in [0.1, 0.15) is 0 Å². The van der Waals surface area contributed by atoms with Crippen LogP contribution in [0.15, 0.2) is 29.6 Å². The molecule has 0 fully saturated rings. The molecule has 3 heterocycles. The van der Waals surface area contributed by atoms with Gasteiger partial charge in [-0.05, 0) is 0 Å². The molecule has 2 aromatic heterocycles. The van der Waals surface area contributed by atoms with Gasteiger partial charge in [0.15, 0.2) is 34.8 Å².